The van der Waals surface area contributed by atoms with Crippen LogP contribution in [0.5, 0.6) is 5.75 Å². The molecular formula is C22H36IN5O3. The summed E-state index contributed by atoms with van der Waals surface area (Å²) in [5.74, 6) is 1.87. The van der Waals surface area contributed by atoms with E-state index in [2.05, 4.69) is 46.3 Å². The molecule has 2 aliphatic rings. The van der Waals surface area contributed by atoms with E-state index in [0.717, 1.165) is 44.2 Å². The quantitative estimate of drug-likeness (QED) is 0.334. The van der Waals surface area contributed by atoms with Gasteiger partial charge in [0.1, 0.15) is 11.9 Å². The Balaban J connectivity index is 0.00000341. The molecule has 1 amide bonds. The van der Waals surface area contributed by atoms with E-state index in [1.807, 2.05) is 24.1 Å². The minimum Gasteiger partial charge on any atom is -0.497 e. The van der Waals surface area contributed by atoms with Gasteiger partial charge in [0.05, 0.1) is 13.2 Å². The molecule has 1 aromatic rings. The molecule has 0 aromatic heterocycles. The van der Waals surface area contributed by atoms with E-state index >= 15 is 0 Å². The zero-order valence-corrected chi connectivity index (χ0v) is 21.4. The molecule has 2 aliphatic heterocycles. The van der Waals surface area contributed by atoms with Crippen molar-refractivity contribution in [2.24, 2.45) is 4.99 Å². The van der Waals surface area contributed by atoms with Crippen molar-refractivity contribution in [1.82, 2.24) is 20.0 Å². The molecule has 0 bridgehead atoms. The Morgan fingerprint density at radius 3 is 2.58 bits per heavy atom. The molecule has 1 aromatic carbocycles. The molecule has 2 fully saturated rings. The van der Waals surface area contributed by atoms with Gasteiger partial charge in [-0.15, -0.1) is 24.0 Å². The summed E-state index contributed by atoms with van der Waals surface area (Å²) < 4.78 is 10.9. The fourth-order valence-electron chi connectivity index (χ4n) is 4.08. The first-order valence-corrected chi connectivity index (χ1v) is 10.7. The second-order valence-corrected chi connectivity index (χ2v) is 8.00. The molecule has 174 valence electrons. The summed E-state index contributed by atoms with van der Waals surface area (Å²) in [6.45, 7) is 4.36. The molecule has 3 rings (SSSR count). The number of aliphatic imine (C=N–C) groups is 1. The minimum atomic E-state index is -0.238. The van der Waals surface area contributed by atoms with Crippen molar-refractivity contribution in [2.45, 2.75) is 25.0 Å². The molecule has 2 saturated heterocycles. The molecule has 2 atom stereocenters. The lowest BCUT2D eigenvalue weighted by atomic mass is 10.1. The summed E-state index contributed by atoms with van der Waals surface area (Å²) in [6.07, 6.45) is 1.59. The van der Waals surface area contributed by atoms with Gasteiger partial charge in [0, 0.05) is 46.4 Å². The molecule has 8 nitrogen and oxygen atoms in total. The Morgan fingerprint density at radius 1 is 1.29 bits per heavy atom. The standard InChI is InChI=1S/C22H35N5O3.HI/c1-23-22(24-16-19(25(2)3)17-7-5-8-18(15-17)29-4)27-12-10-26(11-13-27)21(28)20-9-6-14-30-20;/h5,7-8,15,19-20H,6,9-14,16H2,1-4H3,(H,23,24);1H. The van der Waals surface area contributed by atoms with Crippen LogP contribution in [0.25, 0.3) is 0 Å². The van der Waals surface area contributed by atoms with Crippen molar-refractivity contribution < 1.29 is 14.3 Å². The van der Waals surface area contributed by atoms with E-state index in [1.165, 1.54) is 5.56 Å². The molecule has 31 heavy (non-hydrogen) atoms. The number of likely N-dealkylation sites (N-methyl/N-ethyl adjacent to an activating group) is 1. The smallest absolute Gasteiger partial charge is 0.251 e. The largest absolute Gasteiger partial charge is 0.497 e. The fraction of sp³-hybridized carbons (Fsp3) is 0.636. The van der Waals surface area contributed by atoms with Crippen LogP contribution < -0.4 is 10.1 Å². The Hall–Kier alpha value is -1.59. The van der Waals surface area contributed by atoms with Gasteiger partial charge >= 0.3 is 0 Å². The summed E-state index contributed by atoms with van der Waals surface area (Å²) >= 11 is 0. The van der Waals surface area contributed by atoms with Crippen LogP contribution in [0.2, 0.25) is 0 Å². The maximum atomic E-state index is 12.6. The van der Waals surface area contributed by atoms with Crippen molar-refractivity contribution in [2.75, 3.05) is 67.6 Å². The lowest BCUT2D eigenvalue weighted by Gasteiger charge is -2.38. The number of amides is 1. The van der Waals surface area contributed by atoms with Crippen LogP contribution in [-0.4, -0.2) is 100 Å². The highest BCUT2D eigenvalue weighted by molar-refractivity contribution is 14.0. The number of halogens is 1. The molecular weight excluding hydrogens is 509 g/mol. The number of piperazine rings is 1. The Bertz CT molecular complexity index is 732. The highest BCUT2D eigenvalue weighted by Crippen LogP contribution is 2.22. The number of hydrogen-bond donors (Lipinski definition) is 1. The Labute approximate surface area is 203 Å². The number of carbonyl (C=O) groups excluding carboxylic acids is 1. The minimum absolute atomic E-state index is 0. The van der Waals surface area contributed by atoms with Crippen LogP contribution >= 0.6 is 24.0 Å². The average Bonchev–Trinajstić information content (AvgIpc) is 3.31. The summed E-state index contributed by atoms with van der Waals surface area (Å²) in [7, 11) is 7.64. The van der Waals surface area contributed by atoms with Crippen LogP contribution in [0.4, 0.5) is 0 Å². The van der Waals surface area contributed by atoms with Crippen molar-refractivity contribution in [3.05, 3.63) is 29.8 Å². The molecule has 0 saturated carbocycles. The predicted octanol–water partition coefficient (Wildman–Crippen LogP) is 1.81. The zero-order valence-electron chi connectivity index (χ0n) is 19.0. The third kappa shape index (κ3) is 6.69. The zero-order chi connectivity index (χ0) is 21.5. The number of methoxy groups -OCH3 is 1. The number of rotatable bonds is 6. The lowest BCUT2D eigenvalue weighted by Crippen LogP contribution is -2.55. The van der Waals surface area contributed by atoms with Gasteiger partial charge in [-0.3, -0.25) is 9.79 Å². The van der Waals surface area contributed by atoms with Gasteiger partial charge < -0.3 is 29.5 Å². The van der Waals surface area contributed by atoms with Crippen molar-refractivity contribution in [1.29, 1.82) is 0 Å². The van der Waals surface area contributed by atoms with Crippen molar-refractivity contribution in [3.63, 3.8) is 0 Å². The number of ether oxygens (including phenoxy) is 2. The predicted molar refractivity (Wildman–Crippen MR) is 133 cm³/mol. The van der Waals surface area contributed by atoms with Crippen LogP contribution in [0, 0.1) is 0 Å². The summed E-state index contributed by atoms with van der Waals surface area (Å²) in [5.41, 5.74) is 1.19. The van der Waals surface area contributed by atoms with Gasteiger partial charge in [-0.25, -0.2) is 0 Å². The molecule has 0 aliphatic carbocycles. The van der Waals surface area contributed by atoms with Crippen LogP contribution in [0.3, 0.4) is 0 Å². The SMILES string of the molecule is CN=C(NCC(c1cccc(OC)c1)N(C)C)N1CCN(C(=O)C2CCCO2)CC1.I. The van der Waals surface area contributed by atoms with Gasteiger partial charge in [0.25, 0.3) is 5.91 Å². The third-order valence-corrected chi connectivity index (χ3v) is 5.86. The molecule has 0 spiro atoms. The monoisotopic (exact) mass is 545 g/mol. The van der Waals surface area contributed by atoms with Crippen LogP contribution in [0.15, 0.2) is 29.3 Å². The normalized spacial score (nSPS) is 20.4. The number of carbonyl (C=O) groups is 1. The fourth-order valence-corrected chi connectivity index (χ4v) is 4.08. The van der Waals surface area contributed by atoms with E-state index in [1.54, 1.807) is 7.11 Å². The van der Waals surface area contributed by atoms with Gasteiger partial charge in [0.2, 0.25) is 0 Å². The average molecular weight is 545 g/mol. The van der Waals surface area contributed by atoms with E-state index in [-0.39, 0.29) is 42.0 Å². The molecule has 1 N–H and O–H groups in total. The molecule has 9 heteroatoms. The first kappa shape index (κ1) is 25.7. The Kier molecular flexibility index (Phi) is 10.3. The number of nitrogens with one attached hydrogen (secondary N) is 1. The van der Waals surface area contributed by atoms with Gasteiger partial charge in [0.15, 0.2) is 5.96 Å². The third-order valence-electron chi connectivity index (χ3n) is 5.86. The van der Waals surface area contributed by atoms with E-state index in [4.69, 9.17) is 9.47 Å². The van der Waals surface area contributed by atoms with Crippen molar-refractivity contribution >= 4 is 35.8 Å². The maximum Gasteiger partial charge on any atom is 0.251 e. The summed E-state index contributed by atoms with van der Waals surface area (Å²) in [5, 5.41) is 3.52. The number of guanidine groups is 1. The first-order valence-electron chi connectivity index (χ1n) is 10.7. The second-order valence-electron chi connectivity index (χ2n) is 8.00. The molecule has 2 unspecified atom stereocenters. The Morgan fingerprint density at radius 2 is 2.00 bits per heavy atom. The maximum absolute atomic E-state index is 12.6. The van der Waals surface area contributed by atoms with Crippen LogP contribution in [0.1, 0.15) is 24.4 Å². The second kappa shape index (κ2) is 12.4. The highest BCUT2D eigenvalue weighted by Gasteiger charge is 2.31. The van der Waals surface area contributed by atoms with Crippen LogP contribution in [-0.2, 0) is 9.53 Å². The first-order chi connectivity index (χ1) is 14.5. The summed E-state index contributed by atoms with van der Waals surface area (Å²) in [4.78, 5) is 23.4. The molecule has 0 radical (unpaired) electrons. The number of hydrogen-bond acceptors (Lipinski definition) is 5. The van der Waals surface area contributed by atoms with Gasteiger partial charge in [-0.2, -0.15) is 0 Å². The lowest BCUT2D eigenvalue weighted by molar-refractivity contribution is -0.142. The van der Waals surface area contributed by atoms with Gasteiger partial charge in [-0.05, 0) is 44.6 Å². The van der Waals surface area contributed by atoms with Crippen molar-refractivity contribution in [3.8, 4) is 5.75 Å². The van der Waals surface area contributed by atoms with E-state index in [9.17, 15) is 4.79 Å². The number of nitrogens with zero attached hydrogens (tertiary/aromatic N) is 4. The van der Waals surface area contributed by atoms with E-state index < -0.39 is 0 Å². The molecule has 2 heterocycles. The topological polar surface area (TPSA) is 69.6 Å². The van der Waals surface area contributed by atoms with E-state index in [0.29, 0.717) is 19.7 Å². The number of benzene rings is 1. The highest BCUT2D eigenvalue weighted by atomic mass is 127. The van der Waals surface area contributed by atoms with Gasteiger partial charge in [-0.1, -0.05) is 12.1 Å². The summed E-state index contributed by atoms with van der Waals surface area (Å²) in [6, 6.07) is 8.35.